The van der Waals surface area contributed by atoms with E-state index in [2.05, 4.69) is 0 Å². The molecule has 2 N–H and O–H groups in total. The number of rotatable bonds is 4. The van der Waals surface area contributed by atoms with E-state index in [1.54, 1.807) is 19.2 Å². The second-order valence-electron chi connectivity index (χ2n) is 4.04. The molecule has 3 heteroatoms. The van der Waals surface area contributed by atoms with Crippen molar-refractivity contribution in [1.29, 1.82) is 0 Å². The quantitative estimate of drug-likeness (QED) is 0.898. The van der Waals surface area contributed by atoms with Crippen LogP contribution in [0.1, 0.15) is 5.56 Å². The fraction of sp³-hybridized carbons (Fsp3) is 0.200. The van der Waals surface area contributed by atoms with Crippen LogP contribution in [0, 0.1) is 5.82 Å². The molecule has 0 saturated carbocycles. The van der Waals surface area contributed by atoms with Crippen LogP contribution >= 0.6 is 0 Å². The summed E-state index contributed by atoms with van der Waals surface area (Å²) in [5.41, 5.74) is 8.06. The summed E-state index contributed by atoms with van der Waals surface area (Å²) in [4.78, 5) is 0. The molecule has 0 aromatic heterocycles. The lowest BCUT2D eigenvalue weighted by molar-refractivity contribution is 0.414. The van der Waals surface area contributed by atoms with E-state index in [0.717, 1.165) is 17.5 Å². The number of nitrogens with two attached hydrogens (primary N) is 1. The molecule has 2 aromatic carbocycles. The predicted molar refractivity (Wildman–Crippen MR) is 71.1 cm³/mol. The molecule has 2 nitrogen and oxygen atoms in total. The van der Waals surface area contributed by atoms with Gasteiger partial charge >= 0.3 is 0 Å². The van der Waals surface area contributed by atoms with Crippen LogP contribution in [-0.4, -0.2) is 13.7 Å². The molecule has 0 bridgehead atoms. The zero-order valence-corrected chi connectivity index (χ0v) is 10.3. The van der Waals surface area contributed by atoms with E-state index in [-0.39, 0.29) is 5.82 Å². The second kappa shape index (κ2) is 5.65. The number of ether oxygens (including phenoxy) is 1. The number of methoxy groups -OCH3 is 1. The van der Waals surface area contributed by atoms with Crippen LogP contribution in [0.5, 0.6) is 5.75 Å². The normalized spacial score (nSPS) is 10.4. The average Bonchev–Trinajstić information content (AvgIpc) is 2.41. The van der Waals surface area contributed by atoms with Crippen molar-refractivity contribution in [3.8, 4) is 16.9 Å². The molecule has 18 heavy (non-hydrogen) atoms. The van der Waals surface area contributed by atoms with Gasteiger partial charge in [-0.1, -0.05) is 24.3 Å². The van der Waals surface area contributed by atoms with Crippen molar-refractivity contribution >= 4 is 0 Å². The molecule has 0 spiro atoms. The number of hydrogen-bond donors (Lipinski definition) is 1. The number of hydrogen-bond acceptors (Lipinski definition) is 2. The summed E-state index contributed by atoms with van der Waals surface area (Å²) in [5, 5.41) is 0. The highest BCUT2D eigenvalue weighted by atomic mass is 19.1. The van der Waals surface area contributed by atoms with Crippen LogP contribution in [0.2, 0.25) is 0 Å². The summed E-state index contributed by atoms with van der Waals surface area (Å²) in [6.07, 6.45) is 0.729. The first kappa shape index (κ1) is 12.6. The van der Waals surface area contributed by atoms with E-state index < -0.39 is 0 Å². The largest absolute Gasteiger partial charge is 0.497 e. The van der Waals surface area contributed by atoms with E-state index >= 15 is 0 Å². The molecular weight excluding hydrogens is 229 g/mol. The maximum absolute atomic E-state index is 13.9. The van der Waals surface area contributed by atoms with Gasteiger partial charge in [-0.3, -0.25) is 0 Å². The SMILES string of the molecule is COc1ccc(F)c(-c2ccccc2CCN)c1. The van der Waals surface area contributed by atoms with E-state index in [0.29, 0.717) is 17.9 Å². The Bertz CT molecular complexity index is 540. The van der Waals surface area contributed by atoms with Crippen LogP contribution in [0.3, 0.4) is 0 Å². The topological polar surface area (TPSA) is 35.2 Å². The first-order valence-electron chi connectivity index (χ1n) is 5.88. The summed E-state index contributed by atoms with van der Waals surface area (Å²) in [6.45, 7) is 0.544. The van der Waals surface area contributed by atoms with Crippen molar-refractivity contribution in [3.63, 3.8) is 0 Å². The third-order valence-corrected chi connectivity index (χ3v) is 2.89. The minimum absolute atomic E-state index is 0.250. The second-order valence-corrected chi connectivity index (χ2v) is 4.04. The minimum atomic E-state index is -0.250. The highest BCUT2D eigenvalue weighted by Crippen LogP contribution is 2.29. The van der Waals surface area contributed by atoms with Crippen molar-refractivity contribution < 1.29 is 9.13 Å². The Labute approximate surface area is 106 Å². The van der Waals surface area contributed by atoms with Gasteiger partial charge in [0, 0.05) is 5.56 Å². The van der Waals surface area contributed by atoms with Crippen LogP contribution in [0.25, 0.3) is 11.1 Å². The third-order valence-electron chi connectivity index (χ3n) is 2.89. The highest BCUT2D eigenvalue weighted by Gasteiger charge is 2.10. The van der Waals surface area contributed by atoms with E-state index in [1.807, 2.05) is 24.3 Å². The van der Waals surface area contributed by atoms with Gasteiger partial charge in [0.1, 0.15) is 11.6 Å². The summed E-state index contributed by atoms with van der Waals surface area (Å²) in [7, 11) is 1.57. The molecule has 0 atom stereocenters. The van der Waals surface area contributed by atoms with E-state index in [4.69, 9.17) is 10.5 Å². The van der Waals surface area contributed by atoms with Gasteiger partial charge in [-0.25, -0.2) is 4.39 Å². The van der Waals surface area contributed by atoms with E-state index in [9.17, 15) is 4.39 Å². The smallest absolute Gasteiger partial charge is 0.131 e. The number of benzene rings is 2. The fourth-order valence-corrected chi connectivity index (χ4v) is 1.99. The molecule has 0 fully saturated rings. The van der Waals surface area contributed by atoms with Gasteiger partial charge < -0.3 is 10.5 Å². The molecule has 0 aliphatic rings. The maximum Gasteiger partial charge on any atom is 0.131 e. The first-order valence-corrected chi connectivity index (χ1v) is 5.88. The molecule has 0 heterocycles. The molecule has 2 aromatic rings. The lowest BCUT2D eigenvalue weighted by atomic mass is 9.97. The summed E-state index contributed by atoms with van der Waals surface area (Å²) < 4.78 is 19.1. The Morgan fingerprint density at radius 2 is 1.89 bits per heavy atom. The predicted octanol–water partition coefficient (Wildman–Crippen LogP) is 3.00. The van der Waals surface area contributed by atoms with Crippen LogP contribution < -0.4 is 10.5 Å². The van der Waals surface area contributed by atoms with Crippen molar-refractivity contribution in [2.75, 3.05) is 13.7 Å². The van der Waals surface area contributed by atoms with Crippen molar-refractivity contribution in [1.82, 2.24) is 0 Å². The van der Waals surface area contributed by atoms with E-state index in [1.165, 1.54) is 6.07 Å². The molecule has 94 valence electrons. The average molecular weight is 245 g/mol. The highest BCUT2D eigenvalue weighted by molar-refractivity contribution is 5.69. The molecule has 2 rings (SSSR count). The Morgan fingerprint density at radius 3 is 2.61 bits per heavy atom. The van der Waals surface area contributed by atoms with Gasteiger partial charge in [-0.05, 0) is 42.3 Å². The fourth-order valence-electron chi connectivity index (χ4n) is 1.99. The van der Waals surface area contributed by atoms with Gasteiger partial charge in [0.05, 0.1) is 7.11 Å². The number of halogens is 1. The van der Waals surface area contributed by atoms with Crippen LogP contribution in [0.15, 0.2) is 42.5 Å². The molecule has 0 saturated heterocycles. The van der Waals surface area contributed by atoms with Gasteiger partial charge in [0.15, 0.2) is 0 Å². The molecule has 0 radical (unpaired) electrons. The Morgan fingerprint density at radius 1 is 1.11 bits per heavy atom. The Kier molecular flexibility index (Phi) is 3.95. The standard InChI is InChI=1S/C15H16FNO/c1-18-12-6-7-15(16)14(10-12)13-5-3-2-4-11(13)8-9-17/h2-7,10H,8-9,17H2,1H3. The summed E-state index contributed by atoms with van der Waals surface area (Å²) in [6, 6.07) is 12.5. The Hall–Kier alpha value is -1.87. The molecule has 0 unspecified atom stereocenters. The monoisotopic (exact) mass is 245 g/mol. The molecule has 0 amide bonds. The minimum Gasteiger partial charge on any atom is -0.497 e. The Balaban J connectivity index is 2.53. The first-order chi connectivity index (χ1) is 8.76. The zero-order chi connectivity index (χ0) is 13.0. The summed E-state index contributed by atoms with van der Waals surface area (Å²) in [5.74, 6) is 0.397. The van der Waals surface area contributed by atoms with Crippen molar-refractivity contribution in [3.05, 3.63) is 53.8 Å². The zero-order valence-electron chi connectivity index (χ0n) is 10.3. The van der Waals surface area contributed by atoms with Gasteiger partial charge in [-0.2, -0.15) is 0 Å². The lowest BCUT2D eigenvalue weighted by Crippen LogP contribution is -2.04. The lowest BCUT2D eigenvalue weighted by Gasteiger charge is -2.11. The molecular formula is C15H16FNO. The van der Waals surface area contributed by atoms with Gasteiger partial charge in [0.2, 0.25) is 0 Å². The van der Waals surface area contributed by atoms with Gasteiger partial charge in [0.25, 0.3) is 0 Å². The maximum atomic E-state index is 13.9. The van der Waals surface area contributed by atoms with Crippen molar-refractivity contribution in [2.24, 2.45) is 5.73 Å². The third kappa shape index (κ3) is 2.51. The van der Waals surface area contributed by atoms with Gasteiger partial charge in [-0.15, -0.1) is 0 Å². The summed E-state index contributed by atoms with van der Waals surface area (Å²) >= 11 is 0. The molecule has 0 aliphatic heterocycles. The van der Waals surface area contributed by atoms with Crippen molar-refractivity contribution in [2.45, 2.75) is 6.42 Å². The van der Waals surface area contributed by atoms with Crippen LogP contribution in [0.4, 0.5) is 4.39 Å². The molecule has 0 aliphatic carbocycles. The van der Waals surface area contributed by atoms with Crippen LogP contribution in [-0.2, 0) is 6.42 Å².